The van der Waals surface area contributed by atoms with Gasteiger partial charge in [0.25, 0.3) is 5.69 Å². The molecule has 0 unspecified atom stereocenters. The highest BCUT2D eigenvalue weighted by Crippen LogP contribution is 2.20. The highest BCUT2D eigenvalue weighted by Gasteiger charge is 2.10. The molecule has 23 heavy (non-hydrogen) atoms. The number of benzene rings is 1. The van der Waals surface area contributed by atoms with Crippen LogP contribution in [0.5, 0.6) is 0 Å². The van der Waals surface area contributed by atoms with Crippen LogP contribution in [-0.2, 0) is 12.8 Å². The second-order valence-electron chi connectivity index (χ2n) is 5.50. The fourth-order valence-corrected chi connectivity index (χ4v) is 2.22. The number of aromatic nitrogens is 3. The lowest BCUT2D eigenvalue weighted by molar-refractivity contribution is -0.384. The summed E-state index contributed by atoms with van der Waals surface area (Å²) < 4.78 is 0. The molecule has 1 aromatic heterocycles. The molecule has 2 aromatic rings. The fraction of sp³-hybridized carbons (Fsp3) is 0.471. The molecular formula is C17H22N4O2. The van der Waals surface area contributed by atoms with Crippen LogP contribution in [0, 0.1) is 10.1 Å². The van der Waals surface area contributed by atoms with Gasteiger partial charge in [0.05, 0.1) is 4.92 Å². The summed E-state index contributed by atoms with van der Waals surface area (Å²) in [6.07, 6.45) is 5.91. The molecule has 0 spiro atoms. The molecule has 6 nitrogen and oxygen atoms in total. The Kier molecular flexibility index (Phi) is 6.14. The lowest BCUT2D eigenvalue weighted by atomic mass is 10.2. The van der Waals surface area contributed by atoms with E-state index in [-0.39, 0.29) is 5.69 Å². The van der Waals surface area contributed by atoms with Crippen LogP contribution >= 0.6 is 0 Å². The lowest BCUT2D eigenvalue weighted by Crippen LogP contribution is -2.06. The van der Waals surface area contributed by atoms with Crippen LogP contribution in [0.3, 0.4) is 0 Å². The van der Waals surface area contributed by atoms with Crippen molar-refractivity contribution in [3.8, 4) is 11.4 Å². The summed E-state index contributed by atoms with van der Waals surface area (Å²) in [5.41, 5.74) is 0.855. The molecule has 0 amide bonds. The Balaban J connectivity index is 2.32. The molecule has 122 valence electrons. The topological polar surface area (TPSA) is 81.8 Å². The average Bonchev–Trinajstić information content (AvgIpc) is 2.58. The van der Waals surface area contributed by atoms with Crippen molar-refractivity contribution in [2.45, 2.75) is 52.4 Å². The summed E-state index contributed by atoms with van der Waals surface area (Å²) in [7, 11) is 0. The number of aryl methyl sites for hydroxylation is 2. The lowest BCUT2D eigenvalue weighted by Gasteiger charge is -2.07. The second kappa shape index (κ2) is 8.31. The third-order valence-corrected chi connectivity index (χ3v) is 3.57. The van der Waals surface area contributed by atoms with E-state index in [1.165, 1.54) is 12.1 Å². The molecule has 0 aliphatic heterocycles. The van der Waals surface area contributed by atoms with Gasteiger partial charge >= 0.3 is 0 Å². The molecule has 0 atom stereocenters. The van der Waals surface area contributed by atoms with Gasteiger partial charge in [-0.25, -0.2) is 15.0 Å². The van der Waals surface area contributed by atoms with Gasteiger partial charge in [-0.05, 0) is 25.0 Å². The zero-order valence-corrected chi connectivity index (χ0v) is 13.7. The minimum absolute atomic E-state index is 0.0696. The predicted octanol–water partition coefficient (Wildman–Crippen LogP) is 4.13. The molecule has 0 fully saturated rings. The number of nitro benzene ring substituents is 1. The molecule has 0 aliphatic carbocycles. The summed E-state index contributed by atoms with van der Waals surface area (Å²) >= 11 is 0. The number of hydrogen-bond acceptors (Lipinski definition) is 5. The minimum atomic E-state index is -0.406. The Bertz CT molecular complexity index is 630. The van der Waals surface area contributed by atoms with Gasteiger partial charge in [0.1, 0.15) is 11.6 Å². The van der Waals surface area contributed by atoms with Crippen LogP contribution in [0.15, 0.2) is 24.3 Å². The Labute approximate surface area is 136 Å². The third-order valence-electron chi connectivity index (χ3n) is 3.57. The molecule has 2 rings (SSSR count). The number of hydrogen-bond donors (Lipinski definition) is 0. The van der Waals surface area contributed by atoms with Crippen molar-refractivity contribution in [2.75, 3.05) is 0 Å². The van der Waals surface area contributed by atoms with E-state index in [0.29, 0.717) is 5.82 Å². The monoisotopic (exact) mass is 314 g/mol. The molecule has 0 saturated carbocycles. The highest BCUT2D eigenvalue weighted by atomic mass is 16.6. The van der Waals surface area contributed by atoms with Crippen LogP contribution in [0.2, 0.25) is 0 Å². The molecule has 1 heterocycles. The Morgan fingerprint density at radius 3 is 1.87 bits per heavy atom. The maximum absolute atomic E-state index is 10.8. The molecule has 0 radical (unpaired) electrons. The van der Waals surface area contributed by atoms with Gasteiger partial charge in [0, 0.05) is 30.5 Å². The third kappa shape index (κ3) is 4.81. The average molecular weight is 314 g/mol. The van der Waals surface area contributed by atoms with Crippen molar-refractivity contribution in [3.05, 3.63) is 46.0 Å². The molecular weight excluding hydrogens is 292 g/mol. The Morgan fingerprint density at radius 1 is 0.913 bits per heavy atom. The van der Waals surface area contributed by atoms with Crippen molar-refractivity contribution in [1.82, 2.24) is 15.0 Å². The van der Waals surface area contributed by atoms with Gasteiger partial charge in [-0.2, -0.15) is 0 Å². The molecule has 6 heteroatoms. The highest BCUT2D eigenvalue weighted by molar-refractivity contribution is 5.57. The van der Waals surface area contributed by atoms with Crippen LogP contribution in [0.1, 0.15) is 51.2 Å². The summed E-state index contributed by atoms with van der Waals surface area (Å²) in [5, 5.41) is 10.8. The van der Waals surface area contributed by atoms with Crippen molar-refractivity contribution in [1.29, 1.82) is 0 Å². The van der Waals surface area contributed by atoms with E-state index < -0.39 is 4.92 Å². The SMILES string of the molecule is CCCCc1nc(CCCC)nc(-c2ccc([N+](=O)[O-])cc2)n1. The maximum Gasteiger partial charge on any atom is 0.269 e. The standard InChI is InChI=1S/C17H22N4O2/c1-3-5-7-15-18-16(8-6-4-2)20-17(19-15)13-9-11-14(12-10-13)21(22)23/h9-12H,3-8H2,1-2H3. The van der Waals surface area contributed by atoms with E-state index in [1.54, 1.807) is 12.1 Å². The molecule has 0 aliphatic rings. The van der Waals surface area contributed by atoms with E-state index in [9.17, 15) is 10.1 Å². The zero-order chi connectivity index (χ0) is 16.7. The van der Waals surface area contributed by atoms with Crippen molar-refractivity contribution in [3.63, 3.8) is 0 Å². The molecule has 0 N–H and O–H groups in total. The number of nitro groups is 1. The first-order chi connectivity index (χ1) is 11.1. The smallest absolute Gasteiger partial charge is 0.258 e. The summed E-state index contributed by atoms with van der Waals surface area (Å²) in [4.78, 5) is 24.0. The first kappa shape index (κ1) is 17.0. The van der Waals surface area contributed by atoms with Gasteiger partial charge in [-0.1, -0.05) is 26.7 Å². The van der Waals surface area contributed by atoms with E-state index in [1.807, 2.05) is 0 Å². The summed E-state index contributed by atoms with van der Waals surface area (Å²) in [5.74, 6) is 2.22. The van der Waals surface area contributed by atoms with Gasteiger partial charge in [-0.3, -0.25) is 10.1 Å². The largest absolute Gasteiger partial charge is 0.269 e. The zero-order valence-electron chi connectivity index (χ0n) is 13.7. The van der Waals surface area contributed by atoms with Crippen LogP contribution in [-0.4, -0.2) is 19.9 Å². The number of non-ortho nitro benzene ring substituents is 1. The van der Waals surface area contributed by atoms with Crippen LogP contribution in [0.4, 0.5) is 5.69 Å². The van der Waals surface area contributed by atoms with Gasteiger partial charge in [0.15, 0.2) is 5.82 Å². The summed E-state index contributed by atoms with van der Waals surface area (Å²) in [6.45, 7) is 4.27. The van der Waals surface area contributed by atoms with Gasteiger partial charge < -0.3 is 0 Å². The quantitative estimate of drug-likeness (QED) is 0.540. The number of rotatable bonds is 8. The Hall–Kier alpha value is -2.37. The molecule has 0 bridgehead atoms. The molecule has 1 aromatic carbocycles. The van der Waals surface area contributed by atoms with Crippen LogP contribution < -0.4 is 0 Å². The molecule has 0 saturated heterocycles. The first-order valence-corrected chi connectivity index (χ1v) is 8.12. The Morgan fingerprint density at radius 2 is 1.43 bits per heavy atom. The van der Waals surface area contributed by atoms with Crippen LogP contribution in [0.25, 0.3) is 11.4 Å². The van der Waals surface area contributed by atoms with Gasteiger partial charge in [-0.15, -0.1) is 0 Å². The van der Waals surface area contributed by atoms with Crippen molar-refractivity contribution >= 4 is 5.69 Å². The normalized spacial score (nSPS) is 10.7. The predicted molar refractivity (Wildman–Crippen MR) is 89.1 cm³/mol. The van der Waals surface area contributed by atoms with Crippen molar-refractivity contribution < 1.29 is 4.92 Å². The van der Waals surface area contributed by atoms with Gasteiger partial charge in [0.2, 0.25) is 0 Å². The van der Waals surface area contributed by atoms with Crippen molar-refractivity contribution in [2.24, 2.45) is 0 Å². The minimum Gasteiger partial charge on any atom is -0.258 e. The maximum atomic E-state index is 10.8. The van der Waals surface area contributed by atoms with E-state index in [2.05, 4.69) is 28.8 Å². The van der Waals surface area contributed by atoms with E-state index in [0.717, 1.165) is 55.7 Å². The van der Waals surface area contributed by atoms with E-state index >= 15 is 0 Å². The summed E-state index contributed by atoms with van der Waals surface area (Å²) in [6, 6.07) is 6.36. The fourth-order valence-electron chi connectivity index (χ4n) is 2.22. The first-order valence-electron chi connectivity index (χ1n) is 8.12. The number of nitrogens with zero attached hydrogens (tertiary/aromatic N) is 4. The van der Waals surface area contributed by atoms with E-state index in [4.69, 9.17) is 0 Å². The second-order valence-corrected chi connectivity index (χ2v) is 5.50. The number of unbranched alkanes of at least 4 members (excludes halogenated alkanes) is 2.